The van der Waals surface area contributed by atoms with Crippen LogP contribution < -0.4 is 5.56 Å². The lowest BCUT2D eigenvalue weighted by Gasteiger charge is -2.14. The lowest BCUT2D eigenvalue weighted by atomic mass is 10.2. The van der Waals surface area contributed by atoms with Crippen LogP contribution in [0.15, 0.2) is 4.79 Å². The summed E-state index contributed by atoms with van der Waals surface area (Å²) in [4.78, 5) is 19.3. The smallest absolute Gasteiger partial charge is 0.264 e. The van der Waals surface area contributed by atoms with Crippen molar-refractivity contribution in [2.45, 2.75) is 38.7 Å². The van der Waals surface area contributed by atoms with Crippen LogP contribution in [-0.4, -0.2) is 17.1 Å². The average Bonchev–Trinajstić information content (AvgIpc) is 3.11. The summed E-state index contributed by atoms with van der Waals surface area (Å²) in [5.41, 5.74) is 0.858. The Kier molecular flexibility index (Phi) is 4.19. The van der Waals surface area contributed by atoms with Gasteiger partial charge in [0.1, 0.15) is 11.9 Å². The third-order valence-electron chi connectivity index (χ3n) is 3.01. The Morgan fingerprint density at radius 2 is 2.29 bits per heavy atom. The molecule has 1 saturated carbocycles. The normalized spacial score (nSPS) is 17.1. The Balaban J connectivity index is 2.36. The molecule has 0 amide bonds. The van der Waals surface area contributed by atoms with Gasteiger partial charge in [0, 0.05) is 7.11 Å². The van der Waals surface area contributed by atoms with Gasteiger partial charge in [-0.25, -0.2) is 4.98 Å². The van der Waals surface area contributed by atoms with Gasteiger partial charge >= 0.3 is 0 Å². The fraction of sp³-hybridized carbons (Fsp3) is 0.667. The molecule has 4 nitrogen and oxygen atoms in total. The molecule has 1 unspecified atom stereocenters. The van der Waals surface area contributed by atoms with Crippen LogP contribution in [0.25, 0.3) is 0 Å². The zero-order valence-electron chi connectivity index (χ0n) is 10.1. The van der Waals surface area contributed by atoms with Crippen molar-refractivity contribution >= 4 is 22.6 Å². The van der Waals surface area contributed by atoms with Gasteiger partial charge in [-0.2, -0.15) is 0 Å². The Bertz CT molecular complexity index is 454. The van der Waals surface area contributed by atoms with Crippen molar-refractivity contribution in [1.29, 1.82) is 0 Å². The zero-order valence-corrected chi connectivity index (χ0v) is 12.3. The molecule has 5 heteroatoms. The molecule has 1 aliphatic rings. The van der Waals surface area contributed by atoms with E-state index in [0.717, 1.165) is 31.4 Å². The summed E-state index contributed by atoms with van der Waals surface area (Å²) >= 11 is 2.07. The van der Waals surface area contributed by atoms with Crippen molar-refractivity contribution in [3.05, 3.63) is 25.4 Å². The number of rotatable bonds is 5. The first-order chi connectivity index (χ1) is 8.17. The summed E-state index contributed by atoms with van der Waals surface area (Å²) in [6, 6.07) is 0. The Morgan fingerprint density at radius 1 is 1.59 bits per heavy atom. The Morgan fingerprint density at radius 3 is 2.82 bits per heavy atom. The molecule has 0 spiro atoms. The first-order valence-electron chi connectivity index (χ1n) is 5.98. The van der Waals surface area contributed by atoms with E-state index >= 15 is 0 Å². The minimum absolute atomic E-state index is 0.0400. The van der Waals surface area contributed by atoms with Crippen molar-refractivity contribution in [3.8, 4) is 0 Å². The number of aromatic amines is 1. The van der Waals surface area contributed by atoms with Crippen LogP contribution in [0.1, 0.15) is 43.8 Å². The SMILES string of the molecule is CCCc1nc(C(OC)C2CC2)[nH]c(=O)c1I. The summed E-state index contributed by atoms with van der Waals surface area (Å²) in [5.74, 6) is 1.22. The second-order valence-corrected chi connectivity index (χ2v) is 5.53. The quantitative estimate of drug-likeness (QED) is 0.832. The predicted molar refractivity (Wildman–Crippen MR) is 74.0 cm³/mol. The molecule has 0 radical (unpaired) electrons. The predicted octanol–water partition coefficient (Wildman–Crippen LogP) is 2.42. The molecule has 0 bridgehead atoms. The first kappa shape index (κ1) is 13.0. The first-order valence-corrected chi connectivity index (χ1v) is 7.06. The van der Waals surface area contributed by atoms with Gasteiger partial charge in [-0.3, -0.25) is 4.79 Å². The van der Waals surface area contributed by atoms with E-state index in [2.05, 4.69) is 39.5 Å². The molecule has 1 aromatic heterocycles. The molecule has 1 fully saturated rings. The number of nitrogens with one attached hydrogen (secondary N) is 1. The number of aromatic nitrogens is 2. The van der Waals surface area contributed by atoms with E-state index in [0.29, 0.717) is 15.3 Å². The van der Waals surface area contributed by atoms with Gasteiger partial charge < -0.3 is 9.72 Å². The summed E-state index contributed by atoms with van der Waals surface area (Å²) in [6.45, 7) is 2.09. The fourth-order valence-corrected chi connectivity index (χ4v) is 2.51. The maximum atomic E-state index is 11.8. The highest BCUT2D eigenvalue weighted by Crippen LogP contribution is 2.41. The van der Waals surface area contributed by atoms with E-state index < -0.39 is 0 Å². The maximum Gasteiger partial charge on any atom is 0.264 e. The van der Waals surface area contributed by atoms with Gasteiger partial charge in [-0.15, -0.1) is 0 Å². The van der Waals surface area contributed by atoms with Gasteiger partial charge in [-0.05, 0) is 47.8 Å². The zero-order chi connectivity index (χ0) is 12.4. The molecule has 1 atom stereocenters. The Labute approximate surface area is 114 Å². The Hall–Kier alpha value is -0.430. The summed E-state index contributed by atoms with van der Waals surface area (Å²) in [5, 5.41) is 0. The minimum atomic E-state index is -0.0460. The van der Waals surface area contributed by atoms with Gasteiger partial charge in [-0.1, -0.05) is 13.3 Å². The third-order valence-corrected chi connectivity index (χ3v) is 4.12. The topological polar surface area (TPSA) is 55.0 Å². The standard InChI is InChI=1S/C12H17IN2O2/c1-3-4-8-9(13)12(16)15-11(14-8)10(17-2)7-5-6-7/h7,10H,3-6H2,1-2H3,(H,14,15,16). The van der Waals surface area contributed by atoms with Crippen molar-refractivity contribution < 1.29 is 4.74 Å². The van der Waals surface area contributed by atoms with Crippen molar-refractivity contribution in [2.75, 3.05) is 7.11 Å². The molecule has 2 rings (SSSR count). The van der Waals surface area contributed by atoms with E-state index in [1.165, 1.54) is 0 Å². The van der Waals surface area contributed by atoms with Crippen LogP contribution >= 0.6 is 22.6 Å². The van der Waals surface area contributed by atoms with E-state index in [1.807, 2.05) is 0 Å². The highest BCUT2D eigenvalue weighted by atomic mass is 127. The molecule has 1 aliphatic carbocycles. The van der Waals surface area contributed by atoms with Gasteiger partial charge in [0.15, 0.2) is 0 Å². The maximum absolute atomic E-state index is 11.8. The largest absolute Gasteiger partial charge is 0.373 e. The molecular weight excluding hydrogens is 331 g/mol. The number of halogens is 1. The average molecular weight is 348 g/mol. The van der Waals surface area contributed by atoms with Crippen LogP contribution in [0.2, 0.25) is 0 Å². The summed E-state index contributed by atoms with van der Waals surface area (Å²) in [7, 11) is 1.68. The van der Waals surface area contributed by atoms with Crippen LogP contribution in [0.5, 0.6) is 0 Å². The van der Waals surface area contributed by atoms with Crippen molar-refractivity contribution in [1.82, 2.24) is 9.97 Å². The minimum Gasteiger partial charge on any atom is -0.373 e. The molecule has 0 aromatic carbocycles. The number of H-pyrrole nitrogens is 1. The monoisotopic (exact) mass is 348 g/mol. The fourth-order valence-electron chi connectivity index (χ4n) is 1.99. The van der Waals surface area contributed by atoms with Gasteiger partial charge in [0.25, 0.3) is 5.56 Å². The van der Waals surface area contributed by atoms with Crippen LogP contribution in [-0.2, 0) is 11.2 Å². The van der Waals surface area contributed by atoms with Crippen molar-refractivity contribution in [3.63, 3.8) is 0 Å². The summed E-state index contributed by atoms with van der Waals surface area (Å²) in [6.07, 6.45) is 4.12. The van der Waals surface area contributed by atoms with E-state index in [9.17, 15) is 4.79 Å². The highest BCUT2D eigenvalue weighted by Gasteiger charge is 2.34. The molecule has 17 heavy (non-hydrogen) atoms. The molecule has 1 aromatic rings. The molecule has 1 N–H and O–H groups in total. The van der Waals surface area contributed by atoms with E-state index in [-0.39, 0.29) is 11.7 Å². The number of ether oxygens (including phenoxy) is 1. The number of nitrogens with zero attached hydrogens (tertiary/aromatic N) is 1. The highest BCUT2D eigenvalue weighted by molar-refractivity contribution is 14.1. The number of methoxy groups -OCH3 is 1. The molecule has 94 valence electrons. The van der Waals surface area contributed by atoms with Gasteiger partial charge in [0.05, 0.1) is 9.26 Å². The molecule has 0 saturated heterocycles. The third kappa shape index (κ3) is 2.88. The second-order valence-electron chi connectivity index (χ2n) is 4.46. The molecular formula is C12H17IN2O2. The number of hydrogen-bond acceptors (Lipinski definition) is 3. The lowest BCUT2D eigenvalue weighted by molar-refractivity contribution is 0.0767. The number of aryl methyl sites for hydroxylation is 1. The van der Waals surface area contributed by atoms with E-state index in [4.69, 9.17) is 4.74 Å². The number of hydrogen-bond donors (Lipinski definition) is 1. The molecule has 0 aliphatic heterocycles. The van der Waals surface area contributed by atoms with Gasteiger partial charge in [0.2, 0.25) is 0 Å². The van der Waals surface area contributed by atoms with Crippen LogP contribution in [0.4, 0.5) is 0 Å². The summed E-state index contributed by atoms with van der Waals surface area (Å²) < 4.78 is 6.16. The lowest BCUT2D eigenvalue weighted by Crippen LogP contribution is -2.21. The second kappa shape index (κ2) is 5.48. The van der Waals surface area contributed by atoms with Crippen molar-refractivity contribution in [2.24, 2.45) is 5.92 Å². The van der Waals surface area contributed by atoms with Crippen LogP contribution in [0, 0.1) is 9.49 Å². The molecule has 1 heterocycles. The van der Waals surface area contributed by atoms with Crippen LogP contribution in [0.3, 0.4) is 0 Å². The van der Waals surface area contributed by atoms with E-state index in [1.54, 1.807) is 7.11 Å².